The lowest BCUT2D eigenvalue weighted by atomic mass is 9.39. The van der Waals surface area contributed by atoms with Gasteiger partial charge in [0.15, 0.2) is 0 Å². The lowest BCUT2D eigenvalue weighted by Gasteiger charge is -2.64. The van der Waals surface area contributed by atoms with E-state index in [1.807, 2.05) is 0 Å². The molecule has 0 N–H and O–H groups in total. The molecule has 0 bridgehead atoms. The molecule has 1 spiro atoms. The van der Waals surface area contributed by atoms with E-state index in [9.17, 15) is 0 Å². The van der Waals surface area contributed by atoms with Gasteiger partial charge in [0.2, 0.25) is 0 Å². The monoisotopic (exact) mass is 814 g/mol. The maximum absolute atomic E-state index is 3.31. The van der Waals surface area contributed by atoms with Gasteiger partial charge in [-0.2, -0.15) is 0 Å². The van der Waals surface area contributed by atoms with Crippen LogP contribution < -0.4 is 0 Å². The molecule has 1 aromatic carbocycles. The Bertz CT molecular complexity index is 2100. The number of fused-ring (bicyclic) bond motifs is 1. The molecule has 1 heteroatoms. The van der Waals surface area contributed by atoms with Gasteiger partial charge in [-0.1, -0.05) is 101 Å². The number of hydrogen-bond acceptors (Lipinski definition) is 1. The molecule has 324 valence electrons. The summed E-state index contributed by atoms with van der Waals surface area (Å²) in [6.07, 6.45) is 30.8. The van der Waals surface area contributed by atoms with Crippen LogP contribution >= 0.6 is 0 Å². The number of nitrogens with zero attached hydrogens (tertiary/aromatic N) is 1. The van der Waals surface area contributed by atoms with Gasteiger partial charge in [-0.3, -0.25) is 4.90 Å². The maximum Gasteiger partial charge on any atom is 0.0442 e. The molecule has 1 nitrogen and oxygen atoms in total. The van der Waals surface area contributed by atoms with Crippen LogP contribution in [0.5, 0.6) is 0 Å². The zero-order chi connectivity index (χ0) is 39.1. The Hall–Kier alpha value is -1.08. The minimum absolute atomic E-state index is 0.413. The zero-order valence-electron chi connectivity index (χ0n) is 38.1. The third-order valence-electron chi connectivity index (χ3n) is 27.9. The van der Waals surface area contributed by atoms with E-state index in [1.54, 1.807) is 56.1 Å². The Morgan fingerprint density at radius 3 is 1.59 bits per heavy atom. The molecule has 17 aliphatic rings. The van der Waals surface area contributed by atoms with Crippen LogP contribution in [-0.2, 0) is 6.42 Å². The summed E-state index contributed by atoms with van der Waals surface area (Å²) < 4.78 is 0. The summed E-state index contributed by atoms with van der Waals surface area (Å²) in [6, 6.07) is 11.4. The quantitative estimate of drug-likeness (QED) is 0.150. The van der Waals surface area contributed by atoms with Gasteiger partial charge >= 0.3 is 0 Å². The number of aryl methyl sites for hydroxylation is 1. The van der Waals surface area contributed by atoms with E-state index in [0.717, 1.165) is 82.9 Å². The van der Waals surface area contributed by atoms with Gasteiger partial charge in [0.1, 0.15) is 0 Å². The average Bonchev–Trinajstić information content (AvgIpc) is 4.12. The molecule has 16 fully saturated rings. The zero-order valence-corrected chi connectivity index (χ0v) is 38.1. The van der Waals surface area contributed by atoms with Crippen molar-refractivity contribution in [2.45, 2.75) is 129 Å². The molecule has 16 aliphatic carbocycles. The van der Waals surface area contributed by atoms with Gasteiger partial charge in [0.25, 0.3) is 0 Å². The second kappa shape index (κ2) is 11.5. The lowest BCUT2D eigenvalue weighted by molar-refractivity contribution is -0.162. The number of rotatable bonds is 12. The van der Waals surface area contributed by atoms with Crippen LogP contribution in [0.25, 0.3) is 0 Å². The molecule has 18 rings (SSSR count). The molecular weight excluding hydrogens is 735 g/mol. The van der Waals surface area contributed by atoms with Crippen LogP contribution in [0.15, 0.2) is 35.9 Å². The van der Waals surface area contributed by atoms with Crippen LogP contribution in [0.4, 0.5) is 0 Å². The van der Waals surface area contributed by atoms with Gasteiger partial charge in [-0.05, 0) is 248 Å². The van der Waals surface area contributed by atoms with E-state index in [2.05, 4.69) is 54.8 Å². The SMILES string of the molecule is CCCCCCCCCCCCc1ccc(C2N(C)CC3C4CC5CC6CC7CC8CC9CC%10CC%11=CC32C2C%11C3C%10C%10C9C8C8C7C7C6C5C5C4C2C2C3C%10C8C7C52)cc1. The molecule has 1 aliphatic heterocycles. The Labute approximate surface area is 369 Å². The fraction of sp³-hybridized carbons (Fsp3) is 0.867. The standard InChI is InChI=1S/C60H79N/c1-3-4-5-6-7-8-9-10-11-12-13-27-14-16-28(17-15-27)59-60-25-35-23-33-21-30-18-29-19-32-20-31-22-34-24-36(37(60)26-61(59)2)45-50-41(34)40(31)47-42(32)46-38(29)39(30)48-43(33)49-44(35)58(60)57(45)56-54(49)52(48)51(46)53(47)55(50)56/h14-17,25,29-34,36-59H,3-13,18-24,26H2,1-2H3. The van der Waals surface area contributed by atoms with Crippen LogP contribution in [0.1, 0.15) is 133 Å². The summed E-state index contributed by atoms with van der Waals surface area (Å²) in [7, 11) is 2.66. The van der Waals surface area contributed by atoms with Crippen LogP contribution in [0.2, 0.25) is 0 Å². The van der Waals surface area contributed by atoms with Gasteiger partial charge in [0, 0.05) is 18.0 Å². The van der Waals surface area contributed by atoms with E-state index in [-0.39, 0.29) is 0 Å². The first-order chi connectivity index (χ1) is 30.2. The van der Waals surface area contributed by atoms with Crippen molar-refractivity contribution in [1.29, 1.82) is 0 Å². The topological polar surface area (TPSA) is 3.24 Å². The maximum atomic E-state index is 3.31. The Morgan fingerprint density at radius 1 is 0.492 bits per heavy atom. The number of benzene rings is 1. The summed E-state index contributed by atoms with van der Waals surface area (Å²) >= 11 is 0. The van der Waals surface area contributed by atoms with Crippen molar-refractivity contribution in [2.75, 3.05) is 13.6 Å². The molecular formula is C60H79N. The molecule has 1 saturated heterocycles. The van der Waals surface area contributed by atoms with E-state index in [0.29, 0.717) is 11.5 Å². The first-order valence-electron chi connectivity index (χ1n) is 28.7. The first kappa shape index (κ1) is 35.2. The molecule has 0 amide bonds. The fourth-order valence-corrected chi connectivity index (χ4v) is 28.7. The van der Waals surface area contributed by atoms with Crippen molar-refractivity contribution in [2.24, 2.45) is 177 Å². The lowest BCUT2D eigenvalue weighted by Crippen LogP contribution is -2.61. The third kappa shape index (κ3) is 3.67. The molecule has 0 radical (unpaired) electrons. The van der Waals surface area contributed by atoms with Crippen molar-refractivity contribution in [3.05, 3.63) is 47.0 Å². The normalized spacial score (nSPS) is 64.5. The fourth-order valence-electron chi connectivity index (χ4n) is 28.7. The molecule has 15 saturated carbocycles. The highest BCUT2D eigenvalue weighted by Gasteiger charge is 2.89. The van der Waals surface area contributed by atoms with Gasteiger partial charge in [0.05, 0.1) is 0 Å². The van der Waals surface area contributed by atoms with Crippen molar-refractivity contribution in [3.63, 3.8) is 0 Å². The average molecular weight is 814 g/mol. The third-order valence-corrected chi connectivity index (χ3v) is 27.9. The Balaban J connectivity index is 0.755. The number of allylic oxidation sites excluding steroid dienone is 1. The Kier molecular flexibility index (Phi) is 6.65. The van der Waals surface area contributed by atoms with Crippen molar-refractivity contribution in [1.82, 2.24) is 4.90 Å². The van der Waals surface area contributed by atoms with E-state index < -0.39 is 0 Å². The van der Waals surface area contributed by atoms with Crippen LogP contribution in [0.3, 0.4) is 0 Å². The number of likely N-dealkylation sites (tertiary alicyclic amines) is 1. The molecule has 31 atom stereocenters. The van der Waals surface area contributed by atoms with Crippen LogP contribution in [0, 0.1) is 177 Å². The highest BCUT2D eigenvalue weighted by atomic mass is 15.2. The summed E-state index contributed by atoms with van der Waals surface area (Å²) in [4.78, 5) is 3.05. The number of hydrogen-bond donors (Lipinski definition) is 0. The molecule has 61 heavy (non-hydrogen) atoms. The summed E-state index contributed by atoms with van der Waals surface area (Å²) in [5.41, 5.74) is 5.93. The summed E-state index contributed by atoms with van der Waals surface area (Å²) in [5.74, 6) is 33.2. The molecule has 31 unspecified atom stereocenters. The van der Waals surface area contributed by atoms with E-state index in [1.165, 1.54) is 166 Å². The van der Waals surface area contributed by atoms with Crippen LogP contribution in [-0.4, -0.2) is 18.5 Å². The van der Waals surface area contributed by atoms with Crippen molar-refractivity contribution >= 4 is 0 Å². The molecule has 1 aromatic rings. The van der Waals surface area contributed by atoms with Crippen molar-refractivity contribution in [3.8, 4) is 0 Å². The largest absolute Gasteiger partial charge is 0.298 e. The van der Waals surface area contributed by atoms with Gasteiger partial charge < -0.3 is 0 Å². The predicted octanol–water partition coefficient (Wildman–Crippen LogP) is 12.9. The highest BCUT2D eigenvalue weighted by molar-refractivity contribution is 5.46. The molecule has 0 aromatic heterocycles. The van der Waals surface area contributed by atoms with Gasteiger partial charge in [-0.15, -0.1) is 0 Å². The second-order valence-electron chi connectivity index (χ2n) is 28.2. The minimum atomic E-state index is 0.413. The van der Waals surface area contributed by atoms with E-state index >= 15 is 0 Å². The minimum Gasteiger partial charge on any atom is -0.298 e. The predicted molar refractivity (Wildman–Crippen MR) is 241 cm³/mol. The Morgan fingerprint density at radius 2 is 0.967 bits per heavy atom. The second-order valence-corrected chi connectivity index (χ2v) is 28.2. The van der Waals surface area contributed by atoms with E-state index in [4.69, 9.17) is 0 Å². The summed E-state index contributed by atoms with van der Waals surface area (Å²) in [5, 5.41) is 0. The molecule has 1 heterocycles. The number of unbranched alkanes of at least 4 members (excludes halogenated alkanes) is 9. The highest BCUT2D eigenvalue weighted by Crippen LogP contribution is 2.93. The first-order valence-corrected chi connectivity index (χ1v) is 28.7. The van der Waals surface area contributed by atoms with Crippen molar-refractivity contribution < 1.29 is 0 Å². The smallest absolute Gasteiger partial charge is 0.0442 e. The van der Waals surface area contributed by atoms with Gasteiger partial charge in [-0.25, -0.2) is 0 Å². The summed E-state index contributed by atoms with van der Waals surface area (Å²) in [6.45, 7) is 3.75.